The Labute approximate surface area is 129 Å². The number of carbonyl (C=O) groups is 1. The minimum atomic E-state index is 0.0426. The van der Waals surface area contributed by atoms with Crippen LogP contribution in [0.3, 0.4) is 0 Å². The van der Waals surface area contributed by atoms with Crippen molar-refractivity contribution in [1.82, 2.24) is 4.90 Å². The SMILES string of the molecule is CC(Cc1cccs1)N(C)C(=O)c1cccc(CCl)c1. The molecule has 2 aromatic rings. The van der Waals surface area contributed by atoms with E-state index in [2.05, 4.69) is 18.4 Å². The lowest BCUT2D eigenvalue weighted by Gasteiger charge is -2.25. The van der Waals surface area contributed by atoms with Gasteiger partial charge in [-0.15, -0.1) is 22.9 Å². The molecule has 0 fully saturated rings. The summed E-state index contributed by atoms with van der Waals surface area (Å²) in [5.74, 6) is 0.469. The molecule has 1 aromatic carbocycles. The van der Waals surface area contributed by atoms with Gasteiger partial charge in [-0.3, -0.25) is 4.79 Å². The summed E-state index contributed by atoms with van der Waals surface area (Å²) in [4.78, 5) is 15.6. The second-order valence-corrected chi connectivity index (χ2v) is 6.18. The van der Waals surface area contributed by atoms with Gasteiger partial charge >= 0.3 is 0 Å². The maximum absolute atomic E-state index is 12.5. The van der Waals surface area contributed by atoms with Crippen LogP contribution in [0.1, 0.15) is 27.7 Å². The van der Waals surface area contributed by atoms with Crippen LogP contribution in [0, 0.1) is 0 Å². The Balaban J connectivity index is 2.07. The molecule has 0 N–H and O–H groups in total. The predicted octanol–water partition coefficient (Wildman–Crippen LogP) is 4.19. The minimum Gasteiger partial charge on any atom is -0.339 e. The Morgan fingerprint density at radius 2 is 2.15 bits per heavy atom. The van der Waals surface area contributed by atoms with Crippen molar-refractivity contribution in [3.05, 3.63) is 57.8 Å². The topological polar surface area (TPSA) is 20.3 Å². The van der Waals surface area contributed by atoms with Crippen molar-refractivity contribution < 1.29 is 4.79 Å². The number of halogens is 1. The van der Waals surface area contributed by atoms with Crippen LogP contribution in [0.15, 0.2) is 41.8 Å². The molecule has 2 nitrogen and oxygen atoms in total. The lowest BCUT2D eigenvalue weighted by atomic mass is 10.1. The van der Waals surface area contributed by atoms with Gasteiger partial charge in [0.25, 0.3) is 5.91 Å². The third-order valence-electron chi connectivity index (χ3n) is 3.39. The summed E-state index contributed by atoms with van der Waals surface area (Å²) in [6.45, 7) is 2.07. The number of amides is 1. The molecule has 1 amide bonds. The van der Waals surface area contributed by atoms with Crippen LogP contribution in [-0.4, -0.2) is 23.9 Å². The minimum absolute atomic E-state index is 0.0426. The van der Waals surface area contributed by atoms with Crippen LogP contribution in [0.5, 0.6) is 0 Å². The molecule has 0 bridgehead atoms. The number of carbonyl (C=O) groups excluding carboxylic acids is 1. The van der Waals surface area contributed by atoms with Gasteiger partial charge in [0.1, 0.15) is 0 Å². The molecule has 1 unspecified atom stereocenters. The zero-order valence-electron chi connectivity index (χ0n) is 11.7. The van der Waals surface area contributed by atoms with Crippen LogP contribution in [0.4, 0.5) is 0 Å². The van der Waals surface area contributed by atoms with Crippen molar-refractivity contribution in [2.24, 2.45) is 0 Å². The van der Waals surface area contributed by atoms with E-state index in [1.807, 2.05) is 37.4 Å². The number of thiophene rings is 1. The first-order chi connectivity index (χ1) is 9.61. The summed E-state index contributed by atoms with van der Waals surface area (Å²) in [6.07, 6.45) is 0.884. The predicted molar refractivity (Wildman–Crippen MR) is 85.6 cm³/mol. The average molecular weight is 308 g/mol. The van der Waals surface area contributed by atoms with Crippen molar-refractivity contribution >= 4 is 28.8 Å². The quantitative estimate of drug-likeness (QED) is 0.758. The molecule has 1 aromatic heterocycles. The van der Waals surface area contributed by atoms with E-state index in [4.69, 9.17) is 11.6 Å². The number of rotatable bonds is 5. The van der Waals surface area contributed by atoms with Crippen molar-refractivity contribution in [2.75, 3.05) is 7.05 Å². The molecule has 0 saturated heterocycles. The standard InChI is InChI=1S/C16H18ClNOS/c1-12(9-15-7-4-8-20-15)18(2)16(19)14-6-3-5-13(10-14)11-17/h3-8,10,12H,9,11H2,1-2H3. The molecule has 1 heterocycles. The molecule has 0 saturated carbocycles. The van der Waals surface area contributed by atoms with E-state index in [-0.39, 0.29) is 11.9 Å². The molecule has 20 heavy (non-hydrogen) atoms. The molecule has 0 aliphatic carbocycles. The third kappa shape index (κ3) is 3.62. The monoisotopic (exact) mass is 307 g/mol. The second kappa shape index (κ2) is 6.91. The van der Waals surface area contributed by atoms with Gasteiger partial charge in [0, 0.05) is 35.8 Å². The summed E-state index contributed by atoms with van der Waals surface area (Å²) in [6, 6.07) is 11.8. The highest BCUT2D eigenvalue weighted by Crippen LogP contribution is 2.16. The molecule has 106 valence electrons. The van der Waals surface area contributed by atoms with Crippen molar-refractivity contribution in [1.29, 1.82) is 0 Å². The first kappa shape index (κ1) is 15.1. The van der Waals surface area contributed by atoms with Crippen LogP contribution >= 0.6 is 22.9 Å². The van der Waals surface area contributed by atoms with Gasteiger partial charge in [-0.2, -0.15) is 0 Å². The van der Waals surface area contributed by atoms with Crippen LogP contribution < -0.4 is 0 Å². The molecule has 0 aliphatic heterocycles. The molecule has 0 radical (unpaired) electrons. The Bertz CT molecular complexity index is 568. The summed E-state index contributed by atoms with van der Waals surface area (Å²) in [5.41, 5.74) is 1.67. The van der Waals surface area contributed by atoms with E-state index in [1.54, 1.807) is 16.2 Å². The molecule has 0 aliphatic rings. The fourth-order valence-electron chi connectivity index (χ4n) is 2.05. The Hall–Kier alpha value is -1.32. The number of hydrogen-bond donors (Lipinski definition) is 0. The van der Waals surface area contributed by atoms with Gasteiger partial charge in [0.2, 0.25) is 0 Å². The van der Waals surface area contributed by atoms with E-state index in [1.165, 1.54) is 4.88 Å². The van der Waals surface area contributed by atoms with Gasteiger partial charge in [-0.25, -0.2) is 0 Å². The zero-order chi connectivity index (χ0) is 14.5. The molecule has 0 spiro atoms. The van der Waals surface area contributed by atoms with Gasteiger partial charge in [0.15, 0.2) is 0 Å². The van der Waals surface area contributed by atoms with Crippen molar-refractivity contribution in [3.63, 3.8) is 0 Å². The third-order valence-corrected chi connectivity index (χ3v) is 4.59. The van der Waals surface area contributed by atoms with Gasteiger partial charge in [0.05, 0.1) is 0 Å². The lowest BCUT2D eigenvalue weighted by Crippen LogP contribution is -2.36. The highest BCUT2D eigenvalue weighted by Gasteiger charge is 2.18. The van der Waals surface area contributed by atoms with Gasteiger partial charge in [-0.05, 0) is 36.1 Å². The highest BCUT2D eigenvalue weighted by molar-refractivity contribution is 7.09. The van der Waals surface area contributed by atoms with E-state index in [0.717, 1.165) is 12.0 Å². The number of likely N-dealkylation sites (N-methyl/N-ethyl adjacent to an activating group) is 1. The Morgan fingerprint density at radius 3 is 2.80 bits per heavy atom. The fourth-order valence-corrected chi connectivity index (χ4v) is 3.04. The Morgan fingerprint density at radius 1 is 1.35 bits per heavy atom. The van der Waals surface area contributed by atoms with Crippen LogP contribution in [0.25, 0.3) is 0 Å². The fraction of sp³-hybridized carbons (Fsp3) is 0.312. The summed E-state index contributed by atoms with van der Waals surface area (Å²) < 4.78 is 0. The number of hydrogen-bond acceptors (Lipinski definition) is 2. The number of benzene rings is 1. The van der Waals surface area contributed by atoms with E-state index in [0.29, 0.717) is 11.4 Å². The molecule has 4 heteroatoms. The summed E-state index contributed by atoms with van der Waals surface area (Å²) >= 11 is 7.54. The van der Waals surface area contributed by atoms with Gasteiger partial charge in [-0.1, -0.05) is 18.2 Å². The molecule has 1 atom stereocenters. The lowest BCUT2D eigenvalue weighted by molar-refractivity contribution is 0.0744. The maximum Gasteiger partial charge on any atom is 0.253 e. The summed E-state index contributed by atoms with van der Waals surface area (Å²) in [7, 11) is 1.86. The van der Waals surface area contributed by atoms with E-state index in [9.17, 15) is 4.79 Å². The van der Waals surface area contributed by atoms with E-state index >= 15 is 0 Å². The average Bonchev–Trinajstić information content (AvgIpc) is 2.98. The zero-order valence-corrected chi connectivity index (χ0v) is 13.2. The van der Waals surface area contributed by atoms with Crippen LogP contribution in [0.2, 0.25) is 0 Å². The Kier molecular flexibility index (Phi) is 5.21. The molecular formula is C16H18ClNOS. The highest BCUT2D eigenvalue weighted by atomic mass is 35.5. The second-order valence-electron chi connectivity index (χ2n) is 4.88. The maximum atomic E-state index is 12.5. The summed E-state index contributed by atoms with van der Waals surface area (Å²) in [5, 5.41) is 2.06. The number of alkyl halides is 1. The first-order valence-electron chi connectivity index (χ1n) is 6.56. The smallest absolute Gasteiger partial charge is 0.253 e. The number of nitrogens with zero attached hydrogens (tertiary/aromatic N) is 1. The molecule has 2 rings (SSSR count). The normalized spacial score (nSPS) is 12.2. The first-order valence-corrected chi connectivity index (χ1v) is 7.97. The van der Waals surface area contributed by atoms with Crippen LogP contribution in [-0.2, 0) is 12.3 Å². The molecular weight excluding hydrogens is 290 g/mol. The largest absolute Gasteiger partial charge is 0.339 e. The van der Waals surface area contributed by atoms with Crippen molar-refractivity contribution in [3.8, 4) is 0 Å². The van der Waals surface area contributed by atoms with Gasteiger partial charge < -0.3 is 4.90 Å². The van der Waals surface area contributed by atoms with E-state index < -0.39 is 0 Å². The van der Waals surface area contributed by atoms with Crippen molar-refractivity contribution in [2.45, 2.75) is 25.3 Å².